The van der Waals surface area contributed by atoms with Crippen molar-refractivity contribution in [3.05, 3.63) is 65.0 Å². The highest BCUT2D eigenvalue weighted by molar-refractivity contribution is 7.13. The Hall–Kier alpha value is -2.48. The van der Waals surface area contributed by atoms with Crippen LogP contribution in [0, 0.1) is 11.3 Å². The standard InChI is InChI=1S/C19H17N3S/c1-22(2)12-14-6-8-16(9-7-14)18-13-23-19(21-18)17-5-3-4-15(10-17)11-20/h3-10,13H,12H2,1-2H3. The highest BCUT2D eigenvalue weighted by atomic mass is 32.1. The van der Waals surface area contributed by atoms with Gasteiger partial charge in [-0.25, -0.2) is 4.98 Å². The van der Waals surface area contributed by atoms with Crippen LogP contribution in [0.1, 0.15) is 11.1 Å². The van der Waals surface area contributed by atoms with Gasteiger partial charge in [0.15, 0.2) is 0 Å². The van der Waals surface area contributed by atoms with Gasteiger partial charge in [0.05, 0.1) is 17.3 Å². The van der Waals surface area contributed by atoms with E-state index >= 15 is 0 Å². The quantitative estimate of drug-likeness (QED) is 0.715. The lowest BCUT2D eigenvalue weighted by atomic mass is 10.1. The van der Waals surface area contributed by atoms with Crippen LogP contribution >= 0.6 is 11.3 Å². The number of hydrogen-bond donors (Lipinski definition) is 0. The van der Waals surface area contributed by atoms with Gasteiger partial charge in [0, 0.05) is 23.1 Å². The van der Waals surface area contributed by atoms with Crippen LogP contribution in [0.25, 0.3) is 21.8 Å². The van der Waals surface area contributed by atoms with Gasteiger partial charge in [-0.1, -0.05) is 36.4 Å². The Bertz CT molecular complexity index is 842. The average Bonchev–Trinajstić information content (AvgIpc) is 3.05. The molecule has 3 nitrogen and oxygen atoms in total. The molecule has 1 aromatic heterocycles. The summed E-state index contributed by atoms with van der Waals surface area (Å²) in [6.07, 6.45) is 0. The fourth-order valence-corrected chi connectivity index (χ4v) is 3.23. The number of benzene rings is 2. The molecule has 0 aliphatic heterocycles. The van der Waals surface area contributed by atoms with Crippen LogP contribution in [0.5, 0.6) is 0 Å². The summed E-state index contributed by atoms with van der Waals surface area (Å²) in [7, 11) is 4.13. The van der Waals surface area contributed by atoms with Crippen LogP contribution < -0.4 is 0 Å². The van der Waals surface area contributed by atoms with Crippen LogP contribution in [-0.2, 0) is 6.54 Å². The Morgan fingerprint density at radius 3 is 2.57 bits per heavy atom. The summed E-state index contributed by atoms with van der Waals surface area (Å²) in [6.45, 7) is 0.934. The zero-order chi connectivity index (χ0) is 16.2. The van der Waals surface area contributed by atoms with Gasteiger partial charge in [0.25, 0.3) is 0 Å². The molecule has 0 amide bonds. The second kappa shape index (κ2) is 6.74. The molecule has 0 saturated carbocycles. The first-order valence-corrected chi connectivity index (χ1v) is 8.24. The maximum Gasteiger partial charge on any atom is 0.124 e. The Kier molecular flexibility index (Phi) is 4.52. The lowest BCUT2D eigenvalue weighted by molar-refractivity contribution is 0.402. The summed E-state index contributed by atoms with van der Waals surface area (Å²) in [4.78, 5) is 6.87. The van der Waals surface area contributed by atoms with Gasteiger partial charge in [-0.05, 0) is 31.8 Å². The Balaban J connectivity index is 1.85. The van der Waals surface area contributed by atoms with Crippen molar-refractivity contribution in [1.29, 1.82) is 5.26 Å². The van der Waals surface area contributed by atoms with Gasteiger partial charge in [-0.3, -0.25) is 0 Å². The molecule has 0 N–H and O–H groups in total. The van der Waals surface area contributed by atoms with Crippen molar-refractivity contribution < 1.29 is 0 Å². The van der Waals surface area contributed by atoms with E-state index in [9.17, 15) is 0 Å². The molecule has 1 heterocycles. The van der Waals surface area contributed by atoms with Crippen LogP contribution in [0.3, 0.4) is 0 Å². The van der Waals surface area contributed by atoms with E-state index in [2.05, 4.69) is 54.7 Å². The summed E-state index contributed by atoms with van der Waals surface area (Å²) in [5, 5.41) is 12.0. The number of aromatic nitrogens is 1. The first-order valence-electron chi connectivity index (χ1n) is 7.36. The number of nitrogens with zero attached hydrogens (tertiary/aromatic N) is 3. The molecule has 3 rings (SSSR count). The molecule has 0 bridgehead atoms. The third kappa shape index (κ3) is 3.65. The second-order valence-electron chi connectivity index (χ2n) is 5.67. The molecule has 4 heteroatoms. The summed E-state index contributed by atoms with van der Waals surface area (Å²) >= 11 is 1.60. The smallest absolute Gasteiger partial charge is 0.124 e. The fraction of sp³-hybridized carbons (Fsp3) is 0.158. The largest absolute Gasteiger partial charge is 0.305 e. The third-order valence-corrected chi connectivity index (χ3v) is 4.38. The molecule has 0 unspecified atom stereocenters. The van der Waals surface area contributed by atoms with E-state index < -0.39 is 0 Å². The SMILES string of the molecule is CN(C)Cc1ccc(-c2csc(-c3cccc(C#N)c3)n2)cc1. The van der Waals surface area contributed by atoms with Crippen LogP contribution in [0.4, 0.5) is 0 Å². The lowest BCUT2D eigenvalue weighted by Gasteiger charge is -2.09. The van der Waals surface area contributed by atoms with Gasteiger partial charge in [0.1, 0.15) is 5.01 Å². The van der Waals surface area contributed by atoms with Gasteiger partial charge < -0.3 is 4.90 Å². The van der Waals surface area contributed by atoms with E-state index in [0.29, 0.717) is 5.56 Å². The number of nitriles is 1. The van der Waals surface area contributed by atoms with E-state index in [4.69, 9.17) is 10.2 Å². The van der Waals surface area contributed by atoms with Crippen LogP contribution in [-0.4, -0.2) is 24.0 Å². The van der Waals surface area contributed by atoms with Crippen LogP contribution in [0.2, 0.25) is 0 Å². The summed E-state index contributed by atoms with van der Waals surface area (Å²) < 4.78 is 0. The molecule has 114 valence electrons. The highest BCUT2D eigenvalue weighted by Gasteiger charge is 2.07. The number of thiazole rings is 1. The number of hydrogen-bond acceptors (Lipinski definition) is 4. The monoisotopic (exact) mass is 319 g/mol. The molecule has 3 aromatic rings. The van der Waals surface area contributed by atoms with Gasteiger partial charge in [0.2, 0.25) is 0 Å². The predicted molar refractivity (Wildman–Crippen MR) is 95.1 cm³/mol. The van der Waals surface area contributed by atoms with Gasteiger partial charge >= 0.3 is 0 Å². The van der Waals surface area contributed by atoms with E-state index in [1.54, 1.807) is 11.3 Å². The van der Waals surface area contributed by atoms with E-state index in [1.165, 1.54) is 5.56 Å². The van der Waals surface area contributed by atoms with Crippen molar-refractivity contribution >= 4 is 11.3 Å². The normalized spacial score (nSPS) is 10.7. The van der Waals surface area contributed by atoms with Crippen LogP contribution in [0.15, 0.2) is 53.9 Å². The Morgan fingerprint density at radius 2 is 1.87 bits per heavy atom. The molecule has 0 fully saturated rings. The minimum absolute atomic E-state index is 0.660. The predicted octanol–water partition coefficient (Wildman–Crippen LogP) is 4.41. The first kappa shape index (κ1) is 15.4. The van der Waals surface area contributed by atoms with Crippen molar-refractivity contribution in [3.63, 3.8) is 0 Å². The maximum absolute atomic E-state index is 9.01. The molecule has 0 aliphatic carbocycles. The van der Waals surface area contributed by atoms with Crippen molar-refractivity contribution in [2.75, 3.05) is 14.1 Å². The topological polar surface area (TPSA) is 39.9 Å². The molecule has 0 saturated heterocycles. The second-order valence-corrected chi connectivity index (χ2v) is 6.52. The highest BCUT2D eigenvalue weighted by Crippen LogP contribution is 2.29. The first-order chi connectivity index (χ1) is 11.2. The number of rotatable bonds is 4. The van der Waals surface area contributed by atoms with E-state index in [-0.39, 0.29) is 0 Å². The maximum atomic E-state index is 9.01. The fourth-order valence-electron chi connectivity index (χ4n) is 2.41. The summed E-state index contributed by atoms with van der Waals surface area (Å²) in [5.74, 6) is 0. The zero-order valence-electron chi connectivity index (χ0n) is 13.2. The molecule has 0 radical (unpaired) electrons. The minimum atomic E-state index is 0.660. The summed E-state index contributed by atoms with van der Waals surface area (Å²) in [6, 6.07) is 18.3. The molecule has 23 heavy (non-hydrogen) atoms. The molecule has 2 aromatic carbocycles. The van der Waals surface area contributed by atoms with Gasteiger partial charge in [-0.2, -0.15) is 5.26 Å². The molecule has 0 aliphatic rings. The lowest BCUT2D eigenvalue weighted by Crippen LogP contribution is -2.10. The van der Waals surface area contributed by atoms with E-state index in [1.807, 2.05) is 24.3 Å². The van der Waals surface area contributed by atoms with Crippen molar-refractivity contribution in [2.24, 2.45) is 0 Å². The third-order valence-electron chi connectivity index (χ3n) is 3.49. The minimum Gasteiger partial charge on any atom is -0.305 e. The van der Waals surface area contributed by atoms with Gasteiger partial charge in [-0.15, -0.1) is 11.3 Å². The zero-order valence-corrected chi connectivity index (χ0v) is 14.0. The Morgan fingerprint density at radius 1 is 1.09 bits per heavy atom. The molecule has 0 spiro atoms. The van der Waals surface area contributed by atoms with Crippen molar-refractivity contribution in [1.82, 2.24) is 9.88 Å². The van der Waals surface area contributed by atoms with Crippen molar-refractivity contribution in [2.45, 2.75) is 6.54 Å². The summed E-state index contributed by atoms with van der Waals surface area (Å²) in [5.41, 5.74) is 5.03. The Labute approximate surface area is 140 Å². The molecular formula is C19H17N3S. The molecule has 0 atom stereocenters. The van der Waals surface area contributed by atoms with Crippen molar-refractivity contribution in [3.8, 4) is 27.9 Å². The average molecular weight is 319 g/mol. The van der Waals surface area contributed by atoms with E-state index in [0.717, 1.165) is 28.4 Å². The molecular weight excluding hydrogens is 302 g/mol.